The van der Waals surface area contributed by atoms with Crippen molar-refractivity contribution in [1.29, 1.82) is 0 Å². The van der Waals surface area contributed by atoms with Crippen LogP contribution < -0.4 is 5.01 Å². The molecule has 0 aliphatic carbocycles. The van der Waals surface area contributed by atoms with Crippen molar-refractivity contribution in [2.24, 2.45) is 0 Å². The summed E-state index contributed by atoms with van der Waals surface area (Å²) in [5, 5.41) is 2.08. The Labute approximate surface area is 78.1 Å². The average molecular weight is 172 g/mol. The Morgan fingerprint density at radius 2 is 1.92 bits per heavy atom. The zero-order chi connectivity index (χ0) is 9.10. The smallest absolute Gasteiger partial charge is 0.0586 e. The summed E-state index contributed by atoms with van der Waals surface area (Å²) in [5.41, 5.74) is 1.18. The van der Waals surface area contributed by atoms with Crippen LogP contribution in [0.2, 0.25) is 0 Å². The molecule has 0 amide bonds. The van der Waals surface area contributed by atoms with Gasteiger partial charge in [0.05, 0.1) is 5.70 Å². The standard InChI is InChI=1S/C11H12N2/c1-2-11-7-3-4-10-13(11)12-8-5-6-9-12/h2-10H,1H3. The normalized spacial score (nSPS) is 18.5. The van der Waals surface area contributed by atoms with Crippen LogP contribution in [0.5, 0.6) is 0 Å². The van der Waals surface area contributed by atoms with Gasteiger partial charge >= 0.3 is 0 Å². The Morgan fingerprint density at radius 1 is 1.15 bits per heavy atom. The molecule has 0 N–H and O–H groups in total. The lowest BCUT2D eigenvalue weighted by atomic mass is 10.3. The Kier molecular flexibility index (Phi) is 2.04. The Hall–Kier alpha value is -1.70. The second kappa shape index (κ2) is 3.35. The van der Waals surface area contributed by atoms with Gasteiger partial charge in [0.15, 0.2) is 0 Å². The molecule has 2 rings (SSSR count). The molecule has 0 bridgehead atoms. The third-order valence-corrected chi connectivity index (χ3v) is 2.00. The first-order valence-corrected chi connectivity index (χ1v) is 4.35. The topological polar surface area (TPSA) is 8.17 Å². The molecule has 1 aliphatic rings. The maximum atomic E-state index is 2.08. The number of hydrogen-bond acceptors (Lipinski definition) is 1. The zero-order valence-corrected chi connectivity index (χ0v) is 7.59. The van der Waals surface area contributed by atoms with E-state index in [2.05, 4.69) is 17.2 Å². The maximum Gasteiger partial charge on any atom is 0.0586 e. The molecule has 0 atom stereocenters. The summed E-state index contributed by atoms with van der Waals surface area (Å²) in [4.78, 5) is 0. The van der Waals surface area contributed by atoms with E-state index in [1.807, 2.05) is 54.5 Å². The molecular weight excluding hydrogens is 160 g/mol. The van der Waals surface area contributed by atoms with Crippen molar-refractivity contribution < 1.29 is 0 Å². The second-order valence-electron chi connectivity index (χ2n) is 2.82. The van der Waals surface area contributed by atoms with E-state index in [0.717, 1.165) is 0 Å². The van der Waals surface area contributed by atoms with E-state index in [4.69, 9.17) is 0 Å². The molecule has 2 heteroatoms. The molecule has 66 valence electrons. The lowest BCUT2D eigenvalue weighted by Gasteiger charge is -2.24. The lowest BCUT2D eigenvalue weighted by Crippen LogP contribution is -2.26. The van der Waals surface area contributed by atoms with Crippen LogP contribution in [0.4, 0.5) is 0 Å². The minimum absolute atomic E-state index is 1.18. The van der Waals surface area contributed by atoms with E-state index in [9.17, 15) is 0 Å². The van der Waals surface area contributed by atoms with E-state index >= 15 is 0 Å². The van der Waals surface area contributed by atoms with Crippen LogP contribution in [0.25, 0.3) is 0 Å². The quantitative estimate of drug-likeness (QED) is 0.631. The molecule has 0 saturated carbocycles. The first-order chi connectivity index (χ1) is 6.42. The van der Waals surface area contributed by atoms with Gasteiger partial charge in [0.2, 0.25) is 0 Å². The summed E-state index contributed by atoms with van der Waals surface area (Å²) in [6.07, 6.45) is 14.3. The van der Waals surface area contributed by atoms with Gasteiger partial charge in [0, 0.05) is 18.6 Å². The van der Waals surface area contributed by atoms with Crippen molar-refractivity contribution in [3.63, 3.8) is 0 Å². The molecule has 0 saturated heterocycles. The van der Waals surface area contributed by atoms with Crippen molar-refractivity contribution in [3.8, 4) is 0 Å². The summed E-state index contributed by atoms with van der Waals surface area (Å²) < 4.78 is 2.04. The van der Waals surface area contributed by atoms with Crippen LogP contribution >= 0.6 is 0 Å². The van der Waals surface area contributed by atoms with Crippen molar-refractivity contribution in [3.05, 3.63) is 60.7 Å². The molecule has 0 unspecified atom stereocenters. The first-order valence-electron chi connectivity index (χ1n) is 4.35. The molecule has 13 heavy (non-hydrogen) atoms. The zero-order valence-electron chi connectivity index (χ0n) is 7.59. The molecule has 1 aliphatic heterocycles. The van der Waals surface area contributed by atoms with Crippen LogP contribution in [0.1, 0.15) is 6.92 Å². The summed E-state index contributed by atoms with van der Waals surface area (Å²) in [5.74, 6) is 0. The Bertz CT molecular complexity index is 355. The van der Waals surface area contributed by atoms with Crippen molar-refractivity contribution >= 4 is 0 Å². The molecule has 1 aromatic heterocycles. The number of allylic oxidation sites excluding steroid dienone is 4. The Balaban J connectivity index is 2.34. The van der Waals surface area contributed by atoms with Gasteiger partial charge in [-0.2, -0.15) is 0 Å². The molecule has 2 nitrogen and oxygen atoms in total. The van der Waals surface area contributed by atoms with E-state index in [1.54, 1.807) is 0 Å². The SMILES string of the molecule is CC=C1C=CC=CN1n1cccc1. The molecule has 2 heterocycles. The van der Waals surface area contributed by atoms with E-state index < -0.39 is 0 Å². The predicted octanol–water partition coefficient (Wildman–Crippen LogP) is 2.41. The number of rotatable bonds is 1. The van der Waals surface area contributed by atoms with Gasteiger partial charge in [-0.05, 0) is 31.2 Å². The van der Waals surface area contributed by atoms with Crippen LogP contribution in [0.3, 0.4) is 0 Å². The fraction of sp³-hybridized carbons (Fsp3) is 0.0909. The number of aromatic nitrogens is 1. The molecule has 0 fully saturated rings. The van der Waals surface area contributed by atoms with Gasteiger partial charge in [-0.1, -0.05) is 12.2 Å². The lowest BCUT2D eigenvalue weighted by molar-refractivity contribution is 0.779. The molecule has 0 spiro atoms. The number of hydrogen-bond donors (Lipinski definition) is 0. The van der Waals surface area contributed by atoms with Crippen LogP contribution in [-0.2, 0) is 0 Å². The highest BCUT2D eigenvalue weighted by molar-refractivity contribution is 5.38. The van der Waals surface area contributed by atoms with E-state index in [-0.39, 0.29) is 0 Å². The highest BCUT2D eigenvalue weighted by atomic mass is 15.5. The summed E-state index contributed by atoms with van der Waals surface area (Å²) >= 11 is 0. The summed E-state index contributed by atoms with van der Waals surface area (Å²) in [6, 6.07) is 4.03. The minimum atomic E-state index is 1.18. The fourth-order valence-corrected chi connectivity index (χ4v) is 1.36. The van der Waals surface area contributed by atoms with Crippen molar-refractivity contribution in [2.75, 3.05) is 5.01 Å². The van der Waals surface area contributed by atoms with Gasteiger partial charge in [0.25, 0.3) is 0 Å². The minimum Gasteiger partial charge on any atom is -0.264 e. The average Bonchev–Trinajstić information content (AvgIpc) is 2.70. The van der Waals surface area contributed by atoms with E-state index in [0.29, 0.717) is 0 Å². The van der Waals surface area contributed by atoms with Gasteiger partial charge in [-0.15, -0.1) is 0 Å². The van der Waals surface area contributed by atoms with Gasteiger partial charge in [-0.3, -0.25) is 9.69 Å². The summed E-state index contributed by atoms with van der Waals surface area (Å²) in [7, 11) is 0. The molecular formula is C11H12N2. The first kappa shape index (κ1) is 7.92. The summed E-state index contributed by atoms with van der Waals surface area (Å²) in [6.45, 7) is 2.04. The third kappa shape index (κ3) is 1.43. The van der Waals surface area contributed by atoms with Gasteiger partial charge in [0.1, 0.15) is 0 Å². The van der Waals surface area contributed by atoms with Crippen LogP contribution in [0.15, 0.2) is 60.7 Å². The fourth-order valence-electron chi connectivity index (χ4n) is 1.36. The van der Waals surface area contributed by atoms with Crippen LogP contribution in [-0.4, -0.2) is 4.68 Å². The monoisotopic (exact) mass is 172 g/mol. The second-order valence-corrected chi connectivity index (χ2v) is 2.82. The third-order valence-electron chi connectivity index (χ3n) is 2.00. The molecule has 0 radical (unpaired) electrons. The Morgan fingerprint density at radius 3 is 2.62 bits per heavy atom. The highest BCUT2D eigenvalue weighted by Crippen LogP contribution is 2.10. The van der Waals surface area contributed by atoms with Crippen molar-refractivity contribution in [2.45, 2.75) is 6.92 Å². The molecule has 1 aromatic rings. The van der Waals surface area contributed by atoms with Gasteiger partial charge < -0.3 is 0 Å². The van der Waals surface area contributed by atoms with E-state index in [1.165, 1.54) is 5.70 Å². The molecule has 0 aromatic carbocycles. The van der Waals surface area contributed by atoms with Crippen molar-refractivity contribution in [1.82, 2.24) is 4.68 Å². The largest absolute Gasteiger partial charge is 0.264 e. The predicted molar refractivity (Wildman–Crippen MR) is 54.7 cm³/mol. The van der Waals surface area contributed by atoms with Crippen LogP contribution in [0, 0.1) is 0 Å². The number of nitrogens with zero attached hydrogens (tertiary/aromatic N) is 2. The van der Waals surface area contributed by atoms with Gasteiger partial charge in [-0.25, -0.2) is 0 Å². The maximum absolute atomic E-state index is 2.08. The highest BCUT2D eigenvalue weighted by Gasteiger charge is 2.05.